The van der Waals surface area contributed by atoms with Crippen LogP contribution in [0, 0.1) is 17.6 Å². The van der Waals surface area contributed by atoms with E-state index in [2.05, 4.69) is 15.3 Å². The zero-order chi connectivity index (χ0) is 17.1. The van der Waals surface area contributed by atoms with Gasteiger partial charge >= 0.3 is 0 Å². The van der Waals surface area contributed by atoms with Crippen LogP contribution >= 0.6 is 0 Å². The van der Waals surface area contributed by atoms with Crippen molar-refractivity contribution in [2.24, 2.45) is 11.7 Å². The number of halogens is 2. The van der Waals surface area contributed by atoms with E-state index < -0.39 is 17.5 Å². The molecule has 1 atom stereocenters. The molecule has 0 aliphatic carbocycles. The number of nitrogens with zero attached hydrogens (tertiary/aromatic N) is 2. The molecular formula is C16H18F2N4O2. The molecule has 8 heteroatoms. The van der Waals surface area contributed by atoms with Crippen LogP contribution < -0.4 is 11.1 Å². The summed E-state index contributed by atoms with van der Waals surface area (Å²) >= 11 is 0. The second kappa shape index (κ2) is 7.04. The molecule has 0 radical (unpaired) electrons. The van der Waals surface area contributed by atoms with Gasteiger partial charge in [0, 0.05) is 37.8 Å². The average Bonchev–Trinajstić information content (AvgIpc) is 2.56. The molecule has 0 spiro atoms. The molecule has 0 saturated carbocycles. The molecule has 1 aromatic heterocycles. The summed E-state index contributed by atoms with van der Waals surface area (Å²) in [7, 11) is 0. The van der Waals surface area contributed by atoms with Crippen LogP contribution in [-0.4, -0.2) is 35.1 Å². The summed E-state index contributed by atoms with van der Waals surface area (Å²) in [6, 6.07) is 1.80. The van der Waals surface area contributed by atoms with E-state index in [1.165, 1.54) is 6.20 Å². The number of rotatable bonds is 5. The van der Waals surface area contributed by atoms with Crippen molar-refractivity contribution in [1.82, 2.24) is 9.97 Å². The summed E-state index contributed by atoms with van der Waals surface area (Å²) in [4.78, 5) is 19.7. The summed E-state index contributed by atoms with van der Waals surface area (Å²) < 4.78 is 31.9. The normalized spacial score (nSPS) is 16.9. The van der Waals surface area contributed by atoms with E-state index in [-0.39, 0.29) is 29.4 Å². The van der Waals surface area contributed by atoms with E-state index >= 15 is 0 Å². The predicted octanol–water partition coefficient (Wildman–Crippen LogP) is 1.99. The van der Waals surface area contributed by atoms with E-state index in [9.17, 15) is 13.6 Å². The molecule has 0 unspecified atom stereocenters. The zero-order valence-electron chi connectivity index (χ0n) is 13.0. The molecule has 1 amide bonds. The van der Waals surface area contributed by atoms with Crippen molar-refractivity contribution in [3.05, 3.63) is 30.0 Å². The fourth-order valence-electron chi connectivity index (χ4n) is 2.94. The molecule has 1 saturated heterocycles. The number of carbonyl (C=O) groups is 1. The van der Waals surface area contributed by atoms with Gasteiger partial charge in [0.1, 0.15) is 5.82 Å². The molecule has 1 fully saturated rings. The summed E-state index contributed by atoms with van der Waals surface area (Å²) in [5, 5.41) is 3.16. The molecule has 3 rings (SSSR count). The lowest BCUT2D eigenvalue weighted by atomic mass is 9.89. The minimum absolute atomic E-state index is 0.155. The highest BCUT2D eigenvalue weighted by molar-refractivity contribution is 5.76. The average molecular weight is 336 g/mol. The first kappa shape index (κ1) is 16.5. The number of nitrogens with one attached hydrogen (secondary N) is 1. The van der Waals surface area contributed by atoms with E-state index in [1.54, 1.807) is 0 Å². The number of hydrogen-bond donors (Lipinski definition) is 2. The Labute approximate surface area is 137 Å². The van der Waals surface area contributed by atoms with Gasteiger partial charge in [-0.2, -0.15) is 0 Å². The van der Waals surface area contributed by atoms with Crippen molar-refractivity contribution >= 4 is 22.8 Å². The van der Waals surface area contributed by atoms with Gasteiger partial charge in [-0.25, -0.2) is 13.8 Å². The van der Waals surface area contributed by atoms with Gasteiger partial charge in [-0.3, -0.25) is 9.78 Å². The molecule has 1 aromatic carbocycles. The molecule has 1 aliphatic heterocycles. The molecule has 0 bridgehead atoms. The van der Waals surface area contributed by atoms with Gasteiger partial charge in [-0.05, 0) is 18.8 Å². The maximum Gasteiger partial charge on any atom is 0.219 e. The fraction of sp³-hybridized carbons (Fsp3) is 0.438. The lowest BCUT2D eigenvalue weighted by Crippen LogP contribution is -2.37. The maximum atomic E-state index is 13.4. The van der Waals surface area contributed by atoms with Gasteiger partial charge in [-0.15, -0.1) is 0 Å². The van der Waals surface area contributed by atoms with E-state index in [1.807, 2.05) is 0 Å². The van der Waals surface area contributed by atoms with E-state index in [0.29, 0.717) is 19.0 Å². The molecule has 6 nitrogen and oxygen atoms in total. The molecule has 2 heterocycles. The Kier molecular flexibility index (Phi) is 4.84. The predicted molar refractivity (Wildman–Crippen MR) is 84.2 cm³/mol. The highest BCUT2D eigenvalue weighted by Crippen LogP contribution is 2.24. The summed E-state index contributed by atoms with van der Waals surface area (Å²) in [5.74, 6) is -1.75. The minimum Gasteiger partial charge on any atom is -0.381 e. The van der Waals surface area contributed by atoms with Gasteiger partial charge in [0.15, 0.2) is 11.6 Å². The number of carbonyl (C=O) groups excluding carboxylic acids is 1. The Morgan fingerprint density at radius 3 is 2.62 bits per heavy atom. The molecule has 24 heavy (non-hydrogen) atoms. The van der Waals surface area contributed by atoms with Crippen molar-refractivity contribution in [3.8, 4) is 0 Å². The third-order valence-corrected chi connectivity index (χ3v) is 4.17. The Morgan fingerprint density at radius 2 is 1.96 bits per heavy atom. The van der Waals surface area contributed by atoms with Crippen molar-refractivity contribution in [2.45, 2.75) is 25.3 Å². The second-order valence-corrected chi connectivity index (χ2v) is 5.88. The Bertz CT molecular complexity index is 750. The second-order valence-electron chi connectivity index (χ2n) is 5.88. The van der Waals surface area contributed by atoms with Gasteiger partial charge in [-0.1, -0.05) is 0 Å². The zero-order valence-corrected chi connectivity index (χ0v) is 13.0. The van der Waals surface area contributed by atoms with Crippen LogP contribution in [0.1, 0.15) is 19.3 Å². The minimum atomic E-state index is -0.980. The van der Waals surface area contributed by atoms with Crippen LogP contribution in [0.3, 0.4) is 0 Å². The van der Waals surface area contributed by atoms with Crippen molar-refractivity contribution in [1.29, 1.82) is 0 Å². The quantitative estimate of drug-likeness (QED) is 0.871. The lowest BCUT2D eigenvalue weighted by molar-refractivity contribution is -0.118. The third kappa shape index (κ3) is 3.76. The Morgan fingerprint density at radius 1 is 1.29 bits per heavy atom. The van der Waals surface area contributed by atoms with E-state index in [4.69, 9.17) is 10.5 Å². The number of anilines is 1. The number of ether oxygens (including phenoxy) is 1. The first-order valence-corrected chi connectivity index (χ1v) is 7.77. The van der Waals surface area contributed by atoms with Crippen LogP contribution in [-0.2, 0) is 9.53 Å². The first-order valence-electron chi connectivity index (χ1n) is 7.77. The molecular weight excluding hydrogens is 318 g/mol. The smallest absolute Gasteiger partial charge is 0.219 e. The lowest BCUT2D eigenvalue weighted by Gasteiger charge is -2.30. The van der Waals surface area contributed by atoms with Gasteiger partial charge in [0.2, 0.25) is 5.91 Å². The van der Waals surface area contributed by atoms with E-state index in [0.717, 1.165) is 25.0 Å². The largest absolute Gasteiger partial charge is 0.381 e. The molecule has 128 valence electrons. The van der Waals surface area contributed by atoms with Crippen LogP contribution in [0.2, 0.25) is 0 Å². The van der Waals surface area contributed by atoms with Crippen molar-refractivity contribution < 1.29 is 18.3 Å². The van der Waals surface area contributed by atoms with Gasteiger partial charge in [0.25, 0.3) is 0 Å². The monoisotopic (exact) mass is 336 g/mol. The maximum absolute atomic E-state index is 13.4. The van der Waals surface area contributed by atoms with Crippen molar-refractivity contribution in [2.75, 3.05) is 18.5 Å². The third-order valence-electron chi connectivity index (χ3n) is 4.17. The standard InChI is InChI=1S/C16H18F2N4O2/c17-10-5-13-14(6-11(10)18)22-16(8-20-13)21-12(7-15(19)23)9-1-3-24-4-2-9/h5-6,8-9,12H,1-4,7H2,(H2,19,23)(H,21,22)/t12-/m1/s1. The number of hydrogen-bond acceptors (Lipinski definition) is 5. The molecule has 2 aromatic rings. The van der Waals surface area contributed by atoms with Crippen LogP contribution in [0.25, 0.3) is 11.0 Å². The van der Waals surface area contributed by atoms with Gasteiger partial charge < -0.3 is 15.8 Å². The Balaban J connectivity index is 1.84. The number of fused-ring (bicyclic) bond motifs is 1. The highest BCUT2D eigenvalue weighted by atomic mass is 19.2. The molecule has 3 N–H and O–H groups in total. The van der Waals surface area contributed by atoms with Crippen LogP contribution in [0.4, 0.5) is 14.6 Å². The topological polar surface area (TPSA) is 90.1 Å². The summed E-state index contributed by atoms with van der Waals surface area (Å²) in [6.07, 6.45) is 3.22. The Hall–Kier alpha value is -2.35. The fourth-order valence-corrected chi connectivity index (χ4v) is 2.94. The number of benzene rings is 1. The number of nitrogens with two attached hydrogens (primary N) is 1. The highest BCUT2D eigenvalue weighted by Gasteiger charge is 2.26. The number of aromatic nitrogens is 2. The summed E-state index contributed by atoms with van der Waals surface area (Å²) in [6.45, 7) is 1.27. The number of amides is 1. The SMILES string of the molecule is NC(=O)C[C@@H](Nc1cnc2cc(F)c(F)cc2n1)C1CCOCC1. The van der Waals surface area contributed by atoms with Crippen LogP contribution in [0.5, 0.6) is 0 Å². The van der Waals surface area contributed by atoms with Crippen molar-refractivity contribution in [3.63, 3.8) is 0 Å². The van der Waals surface area contributed by atoms with Gasteiger partial charge in [0.05, 0.1) is 17.2 Å². The molecule has 1 aliphatic rings. The first-order chi connectivity index (χ1) is 11.5. The van der Waals surface area contributed by atoms with Crippen LogP contribution in [0.15, 0.2) is 18.3 Å². The number of primary amides is 1. The summed E-state index contributed by atoms with van der Waals surface area (Å²) in [5.41, 5.74) is 5.84.